The van der Waals surface area contributed by atoms with Crippen LogP contribution in [0.5, 0.6) is 5.75 Å². The van der Waals surface area contributed by atoms with Gasteiger partial charge in [-0.25, -0.2) is 4.39 Å². The molecule has 1 heterocycles. The molecule has 1 fully saturated rings. The summed E-state index contributed by atoms with van der Waals surface area (Å²) in [4.78, 5) is 19.3. The van der Waals surface area contributed by atoms with Crippen LogP contribution >= 0.6 is 11.6 Å². The SMILES string of the molecule is COc1ccc(NC(=NCCN2CCOCC2)NC(=O)c2ccc(F)cc2)cc1Cl. The number of nitrogens with zero attached hydrogens (tertiary/aromatic N) is 2. The Bertz CT molecular complexity index is 886. The summed E-state index contributed by atoms with van der Waals surface area (Å²) in [5, 5.41) is 6.26. The Balaban J connectivity index is 1.71. The maximum absolute atomic E-state index is 13.1. The second kappa shape index (κ2) is 10.9. The molecular weight excluding hydrogens is 411 g/mol. The van der Waals surface area contributed by atoms with Crippen molar-refractivity contribution in [2.45, 2.75) is 0 Å². The summed E-state index contributed by atoms with van der Waals surface area (Å²) in [7, 11) is 1.54. The zero-order valence-corrected chi connectivity index (χ0v) is 17.4. The molecule has 2 N–H and O–H groups in total. The third kappa shape index (κ3) is 6.41. The van der Waals surface area contributed by atoms with Crippen LogP contribution in [0, 0.1) is 5.82 Å². The quantitative estimate of drug-likeness (QED) is 0.540. The highest BCUT2D eigenvalue weighted by Gasteiger charge is 2.12. The maximum atomic E-state index is 13.1. The Morgan fingerprint density at radius 1 is 1.23 bits per heavy atom. The van der Waals surface area contributed by atoms with E-state index in [1.54, 1.807) is 18.2 Å². The number of benzene rings is 2. The number of halogens is 2. The van der Waals surface area contributed by atoms with Crippen LogP contribution in [0.3, 0.4) is 0 Å². The molecule has 0 radical (unpaired) electrons. The van der Waals surface area contributed by atoms with E-state index in [1.807, 2.05) is 0 Å². The molecule has 1 amide bonds. The van der Waals surface area contributed by atoms with Crippen LogP contribution in [0.2, 0.25) is 5.02 Å². The van der Waals surface area contributed by atoms with Crippen molar-refractivity contribution < 1.29 is 18.7 Å². The molecule has 0 atom stereocenters. The van der Waals surface area contributed by atoms with Crippen LogP contribution in [0.4, 0.5) is 10.1 Å². The van der Waals surface area contributed by atoms with Gasteiger partial charge < -0.3 is 14.8 Å². The minimum absolute atomic E-state index is 0.277. The highest BCUT2D eigenvalue weighted by Crippen LogP contribution is 2.27. The first-order chi connectivity index (χ1) is 14.5. The molecule has 0 aliphatic carbocycles. The number of anilines is 1. The third-order valence-electron chi connectivity index (χ3n) is 4.54. The van der Waals surface area contributed by atoms with Crippen LogP contribution in [0.15, 0.2) is 47.5 Å². The van der Waals surface area contributed by atoms with Gasteiger partial charge in [0.25, 0.3) is 5.91 Å². The average molecular weight is 435 g/mol. The van der Waals surface area contributed by atoms with Gasteiger partial charge in [0.1, 0.15) is 11.6 Å². The van der Waals surface area contributed by atoms with Crippen LogP contribution < -0.4 is 15.4 Å². The summed E-state index contributed by atoms with van der Waals surface area (Å²) in [5.41, 5.74) is 0.970. The second-order valence-corrected chi connectivity index (χ2v) is 7.03. The van der Waals surface area contributed by atoms with E-state index in [-0.39, 0.29) is 5.96 Å². The molecule has 7 nitrogen and oxygen atoms in total. The second-order valence-electron chi connectivity index (χ2n) is 6.62. The van der Waals surface area contributed by atoms with Gasteiger partial charge >= 0.3 is 0 Å². The molecule has 0 unspecified atom stereocenters. The molecular formula is C21H24ClFN4O3. The van der Waals surface area contributed by atoms with Crippen LogP contribution in [0.1, 0.15) is 10.4 Å². The van der Waals surface area contributed by atoms with Crippen molar-refractivity contribution >= 4 is 29.2 Å². The van der Waals surface area contributed by atoms with Gasteiger partial charge in [0.05, 0.1) is 31.9 Å². The molecule has 1 aliphatic heterocycles. The Kier molecular flexibility index (Phi) is 8.01. The van der Waals surface area contributed by atoms with Crippen molar-refractivity contribution in [3.8, 4) is 5.75 Å². The summed E-state index contributed by atoms with van der Waals surface area (Å²) < 4.78 is 23.7. The van der Waals surface area contributed by atoms with Crippen molar-refractivity contribution in [2.75, 3.05) is 51.8 Å². The Labute approximate surface area is 179 Å². The van der Waals surface area contributed by atoms with Crippen molar-refractivity contribution in [3.05, 3.63) is 58.9 Å². The summed E-state index contributed by atoms with van der Waals surface area (Å²) in [6, 6.07) is 10.5. The van der Waals surface area contributed by atoms with Gasteiger partial charge in [0, 0.05) is 30.9 Å². The topological polar surface area (TPSA) is 75.2 Å². The summed E-state index contributed by atoms with van der Waals surface area (Å²) in [6.45, 7) is 4.35. The number of methoxy groups -OCH3 is 1. The lowest BCUT2D eigenvalue weighted by Gasteiger charge is -2.25. The number of aliphatic imine (C=N–C) groups is 1. The third-order valence-corrected chi connectivity index (χ3v) is 4.84. The highest BCUT2D eigenvalue weighted by atomic mass is 35.5. The number of hydrogen-bond acceptors (Lipinski definition) is 5. The molecule has 0 spiro atoms. The monoisotopic (exact) mass is 434 g/mol. The highest BCUT2D eigenvalue weighted by molar-refractivity contribution is 6.32. The first-order valence-corrected chi connectivity index (χ1v) is 9.95. The standard InChI is InChI=1S/C21H24ClFN4O3/c1-29-19-7-6-17(14-18(19)22)25-21(24-8-9-27-10-12-30-13-11-27)26-20(28)15-2-4-16(23)5-3-15/h2-7,14H,8-13H2,1H3,(H2,24,25,26,28). The fourth-order valence-corrected chi connectivity index (χ4v) is 3.16. The van der Waals surface area contributed by atoms with Gasteiger partial charge in [-0.2, -0.15) is 0 Å². The lowest BCUT2D eigenvalue weighted by Crippen LogP contribution is -2.39. The summed E-state index contributed by atoms with van der Waals surface area (Å²) in [6.07, 6.45) is 0. The van der Waals surface area contributed by atoms with Gasteiger partial charge in [-0.3, -0.25) is 20.0 Å². The summed E-state index contributed by atoms with van der Waals surface area (Å²) >= 11 is 6.19. The molecule has 2 aromatic carbocycles. The van der Waals surface area contributed by atoms with E-state index >= 15 is 0 Å². The zero-order chi connectivity index (χ0) is 21.3. The number of carbonyl (C=O) groups is 1. The fourth-order valence-electron chi connectivity index (χ4n) is 2.90. The molecule has 2 aromatic rings. The van der Waals surface area contributed by atoms with Crippen molar-refractivity contribution in [1.82, 2.24) is 10.2 Å². The summed E-state index contributed by atoms with van der Waals surface area (Å²) in [5.74, 6) is 0.0198. The van der Waals surface area contributed by atoms with Crippen LogP contribution in [-0.2, 0) is 4.74 Å². The van der Waals surface area contributed by atoms with Crippen molar-refractivity contribution in [2.24, 2.45) is 4.99 Å². The minimum Gasteiger partial charge on any atom is -0.495 e. The van der Waals surface area contributed by atoms with Crippen molar-refractivity contribution in [3.63, 3.8) is 0 Å². The van der Waals surface area contributed by atoms with E-state index in [0.29, 0.717) is 41.8 Å². The molecule has 30 heavy (non-hydrogen) atoms. The Hall–Kier alpha value is -2.68. The Morgan fingerprint density at radius 2 is 1.97 bits per heavy atom. The molecule has 1 saturated heterocycles. The predicted molar refractivity (Wildman–Crippen MR) is 115 cm³/mol. The molecule has 0 aromatic heterocycles. The van der Waals surface area contributed by atoms with E-state index in [1.165, 1.54) is 31.4 Å². The van der Waals surface area contributed by atoms with E-state index in [9.17, 15) is 9.18 Å². The number of carbonyl (C=O) groups excluding carboxylic acids is 1. The van der Waals surface area contributed by atoms with Crippen LogP contribution in [-0.4, -0.2) is 63.3 Å². The van der Waals surface area contributed by atoms with Gasteiger partial charge in [-0.15, -0.1) is 0 Å². The number of amides is 1. The molecule has 9 heteroatoms. The molecule has 0 bridgehead atoms. The maximum Gasteiger partial charge on any atom is 0.257 e. The smallest absolute Gasteiger partial charge is 0.257 e. The normalized spacial score (nSPS) is 15.0. The number of ether oxygens (including phenoxy) is 2. The predicted octanol–water partition coefficient (Wildman–Crippen LogP) is 3.02. The van der Waals surface area contributed by atoms with E-state index in [0.717, 1.165) is 19.6 Å². The number of guanidine groups is 1. The Morgan fingerprint density at radius 3 is 2.63 bits per heavy atom. The molecule has 1 aliphatic rings. The lowest BCUT2D eigenvalue weighted by molar-refractivity contribution is 0.0394. The van der Waals surface area contributed by atoms with Gasteiger partial charge in [-0.1, -0.05) is 11.6 Å². The number of rotatable bonds is 6. The van der Waals surface area contributed by atoms with Gasteiger partial charge in [0.15, 0.2) is 0 Å². The van der Waals surface area contributed by atoms with Crippen LogP contribution in [0.25, 0.3) is 0 Å². The first kappa shape index (κ1) is 22.0. The number of hydrogen-bond donors (Lipinski definition) is 2. The zero-order valence-electron chi connectivity index (χ0n) is 16.7. The largest absolute Gasteiger partial charge is 0.495 e. The average Bonchev–Trinajstić information content (AvgIpc) is 2.75. The lowest BCUT2D eigenvalue weighted by atomic mass is 10.2. The number of nitrogens with one attached hydrogen (secondary N) is 2. The van der Waals surface area contributed by atoms with Crippen molar-refractivity contribution in [1.29, 1.82) is 0 Å². The molecule has 3 rings (SSSR count). The van der Waals surface area contributed by atoms with E-state index < -0.39 is 11.7 Å². The molecule has 0 saturated carbocycles. The first-order valence-electron chi connectivity index (χ1n) is 9.57. The van der Waals surface area contributed by atoms with E-state index in [2.05, 4.69) is 20.5 Å². The van der Waals surface area contributed by atoms with Gasteiger partial charge in [0.2, 0.25) is 5.96 Å². The van der Waals surface area contributed by atoms with E-state index in [4.69, 9.17) is 21.1 Å². The van der Waals surface area contributed by atoms with Gasteiger partial charge in [-0.05, 0) is 42.5 Å². The molecule has 160 valence electrons. The minimum atomic E-state index is -0.406. The fraction of sp³-hybridized carbons (Fsp3) is 0.333. The number of morpholine rings is 1.